The molecule has 0 spiro atoms. The molecule has 7 heteroatoms. The molecule has 1 fully saturated rings. The number of benzene rings is 2. The summed E-state index contributed by atoms with van der Waals surface area (Å²) in [6, 6.07) is 11.3. The molecule has 0 bridgehead atoms. The normalized spacial score (nSPS) is 18.1. The zero-order valence-corrected chi connectivity index (χ0v) is 15.9. The lowest BCUT2D eigenvalue weighted by Gasteiger charge is -2.23. The Morgan fingerprint density at radius 1 is 1.10 bits per heavy atom. The first-order valence-electron chi connectivity index (χ1n) is 9.92. The number of amides is 2. The molecule has 0 saturated heterocycles. The van der Waals surface area contributed by atoms with Crippen LogP contribution in [0.2, 0.25) is 0 Å². The number of hydrogen-bond donors (Lipinski definition) is 2. The first-order chi connectivity index (χ1) is 14.2. The number of anilines is 2. The molecule has 1 atom stereocenters. The van der Waals surface area contributed by atoms with Crippen LogP contribution >= 0.6 is 0 Å². The molecule has 0 radical (unpaired) electrons. The van der Waals surface area contributed by atoms with Gasteiger partial charge in [0.05, 0.1) is 11.4 Å². The zero-order valence-electron chi connectivity index (χ0n) is 15.9. The second-order valence-corrected chi connectivity index (χ2v) is 7.62. The fourth-order valence-electron chi connectivity index (χ4n) is 3.96. The Morgan fingerprint density at radius 3 is 2.76 bits per heavy atom. The maximum atomic E-state index is 12.9. The van der Waals surface area contributed by atoms with Crippen LogP contribution in [0.15, 0.2) is 36.4 Å². The Morgan fingerprint density at radius 2 is 1.93 bits per heavy atom. The SMILES string of the molecule is O=C1COc2c(cccc2NC(=O)CC(c2ccc3c(c2)OCCO3)C2CC2)N1. The van der Waals surface area contributed by atoms with E-state index < -0.39 is 0 Å². The molecule has 150 valence electrons. The number of para-hydroxylation sites is 1. The van der Waals surface area contributed by atoms with Gasteiger partial charge < -0.3 is 24.8 Å². The molecule has 1 unspecified atom stereocenters. The topological polar surface area (TPSA) is 85.9 Å². The van der Waals surface area contributed by atoms with E-state index in [0.29, 0.717) is 42.7 Å². The summed E-state index contributed by atoms with van der Waals surface area (Å²) < 4.78 is 16.8. The van der Waals surface area contributed by atoms with Gasteiger partial charge in [0.2, 0.25) is 5.91 Å². The van der Waals surface area contributed by atoms with Crippen LogP contribution in [0.1, 0.15) is 30.7 Å². The van der Waals surface area contributed by atoms with E-state index in [1.807, 2.05) is 18.2 Å². The summed E-state index contributed by atoms with van der Waals surface area (Å²) in [5, 5.41) is 5.72. The second kappa shape index (κ2) is 7.31. The Labute approximate surface area is 168 Å². The van der Waals surface area contributed by atoms with Gasteiger partial charge in [-0.05, 0) is 54.5 Å². The fourth-order valence-corrected chi connectivity index (χ4v) is 3.96. The molecular weight excluding hydrogens is 372 g/mol. The van der Waals surface area contributed by atoms with E-state index in [9.17, 15) is 9.59 Å². The van der Waals surface area contributed by atoms with E-state index in [2.05, 4.69) is 10.6 Å². The van der Waals surface area contributed by atoms with Crippen molar-refractivity contribution in [3.05, 3.63) is 42.0 Å². The van der Waals surface area contributed by atoms with Gasteiger partial charge >= 0.3 is 0 Å². The first kappa shape index (κ1) is 17.8. The number of carbonyl (C=O) groups is 2. The highest BCUT2D eigenvalue weighted by Crippen LogP contribution is 2.46. The highest BCUT2D eigenvalue weighted by atomic mass is 16.6. The summed E-state index contributed by atoms with van der Waals surface area (Å²) in [7, 11) is 0. The second-order valence-electron chi connectivity index (χ2n) is 7.62. The summed E-state index contributed by atoms with van der Waals surface area (Å²) in [5.74, 6) is 2.37. The third-order valence-electron chi connectivity index (χ3n) is 5.50. The molecular formula is C22H22N2O5. The highest BCUT2D eigenvalue weighted by molar-refractivity contribution is 6.00. The van der Waals surface area contributed by atoms with Crippen molar-refractivity contribution in [2.45, 2.75) is 25.2 Å². The average molecular weight is 394 g/mol. The van der Waals surface area contributed by atoms with Gasteiger partial charge in [-0.1, -0.05) is 12.1 Å². The summed E-state index contributed by atoms with van der Waals surface area (Å²) in [4.78, 5) is 24.4. The molecule has 2 aromatic rings. The van der Waals surface area contributed by atoms with Crippen LogP contribution in [0.4, 0.5) is 11.4 Å². The van der Waals surface area contributed by atoms with Crippen LogP contribution in [-0.2, 0) is 9.59 Å². The lowest BCUT2D eigenvalue weighted by Crippen LogP contribution is -2.26. The van der Waals surface area contributed by atoms with Gasteiger partial charge in [0.15, 0.2) is 23.9 Å². The summed E-state index contributed by atoms with van der Waals surface area (Å²) >= 11 is 0. The van der Waals surface area contributed by atoms with Gasteiger partial charge in [0.1, 0.15) is 13.2 Å². The Hall–Kier alpha value is -3.22. The van der Waals surface area contributed by atoms with Crippen LogP contribution in [0.3, 0.4) is 0 Å². The summed E-state index contributed by atoms with van der Waals surface area (Å²) in [5.41, 5.74) is 2.25. The number of nitrogens with one attached hydrogen (secondary N) is 2. The Bertz CT molecular complexity index is 970. The average Bonchev–Trinajstić information content (AvgIpc) is 3.57. The quantitative estimate of drug-likeness (QED) is 0.813. The lowest BCUT2D eigenvalue weighted by molar-refractivity contribution is -0.118. The molecule has 2 amide bonds. The van der Waals surface area contributed by atoms with E-state index in [1.54, 1.807) is 18.2 Å². The summed E-state index contributed by atoms with van der Waals surface area (Å²) in [6.45, 7) is 1.05. The maximum Gasteiger partial charge on any atom is 0.262 e. The molecule has 2 N–H and O–H groups in total. The van der Waals surface area contributed by atoms with E-state index >= 15 is 0 Å². The van der Waals surface area contributed by atoms with E-state index in [1.165, 1.54) is 0 Å². The van der Waals surface area contributed by atoms with Crippen LogP contribution in [0.25, 0.3) is 0 Å². The van der Waals surface area contributed by atoms with Gasteiger partial charge in [-0.2, -0.15) is 0 Å². The lowest BCUT2D eigenvalue weighted by atomic mass is 9.90. The zero-order chi connectivity index (χ0) is 19.8. The highest BCUT2D eigenvalue weighted by Gasteiger charge is 2.34. The number of fused-ring (bicyclic) bond motifs is 2. The fraction of sp³-hybridized carbons (Fsp3) is 0.364. The smallest absolute Gasteiger partial charge is 0.262 e. The van der Waals surface area contributed by atoms with Crippen molar-refractivity contribution < 1.29 is 23.8 Å². The molecule has 1 aliphatic carbocycles. The number of rotatable bonds is 5. The molecule has 2 aliphatic heterocycles. The van der Waals surface area contributed by atoms with Gasteiger partial charge in [0, 0.05) is 6.42 Å². The minimum atomic E-state index is -0.201. The predicted molar refractivity (Wildman–Crippen MR) is 107 cm³/mol. The molecule has 5 rings (SSSR count). The number of carbonyl (C=O) groups excluding carboxylic acids is 2. The minimum absolute atomic E-state index is 0.0538. The van der Waals surface area contributed by atoms with Crippen molar-refractivity contribution in [2.24, 2.45) is 5.92 Å². The van der Waals surface area contributed by atoms with Gasteiger partial charge in [-0.3, -0.25) is 9.59 Å². The first-order valence-corrected chi connectivity index (χ1v) is 9.92. The Balaban J connectivity index is 1.33. The molecule has 3 aliphatic rings. The van der Waals surface area contributed by atoms with Crippen LogP contribution < -0.4 is 24.8 Å². The molecule has 7 nitrogen and oxygen atoms in total. The maximum absolute atomic E-state index is 12.9. The largest absolute Gasteiger partial charge is 0.486 e. The standard InChI is InChI=1S/C22H22N2O5/c25-20(23-16-2-1-3-17-22(16)29-12-21(26)24-17)11-15(13-4-5-13)14-6-7-18-19(10-14)28-9-8-27-18/h1-3,6-7,10,13,15H,4-5,8-9,11-12H2,(H,23,25)(H,24,26). The van der Waals surface area contributed by atoms with E-state index in [0.717, 1.165) is 29.9 Å². The van der Waals surface area contributed by atoms with Gasteiger partial charge in [-0.15, -0.1) is 0 Å². The number of hydrogen-bond acceptors (Lipinski definition) is 5. The third kappa shape index (κ3) is 3.72. The van der Waals surface area contributed by atoms with Crippen molar-refractivity contribution in [3.63, 3.8) is 0 Å². The van der Waals surface area contributed by atoms with Gasteiger partial charge in [-0.25, -0.2) is 0 Å². The minimum Gasteiger partial charge on any atom is -0.486 e. The molecule has 2 aromatic carbocycles. The third-order valence-corrected chi connectivity index (χ3v) is 5.50. The van der Waals surface area contributed by atoms with E-state index in [4.69, 9.17) is 14.2 Å². The summed E-state index contributed by atoms with van der Waals surface area (Å²) in [6.07, 6.45) is 2.63. The van der Waals surface area contributed by atoms with Crippen molar-refractivity contribution in [1.82, 2.24) is 0 Å². The van der Waals surface area contributed by atoms with Crippen LogP contribution in [0.5, 0.6) is 17.2 Å². The predicted octanol–water partition coefficient (Wildman–Crippen LogP) is 3.31. The van der Waals surface area contributed by atoms with Crippen molar-refractivity contribution in [1.29, 1.82) is 0 Å². The van der Waals surface area contributed by atoms with Crippen LogP contribution in [-0.4, -0.2) is 31.6 Å². The monoisotopic (exact) mass is 394 g/mol. The molecule has 2 heterocycles. The molecule has 29 heavy (non-hydrogen) atoms. The van der Waals surface area contributed by atoms with Crippen molar-refractivity contribution in [3.8, 4) is 17.2 Å². The Kier molecular flexibility index (Phi) is 4.50. The van der Waals surface area contributed by atoms with Gasteiger partial charge in [0.25, 0.3) is 5.91 Å². The van der Waals surface area contributed by atoms with Crippen molar-refractivity contribution in [2.75, 3.05) is 30.5 Å². The number of ether oxygens (including phenoxy) is 3. The molecule has 0 aromatic heterocycles. The molecule has 1 saturated carbocycles. The van der Waals surface area contributed by atoms with Crippen molar-refractivity contribution >= 4 is 23.2 Å². The van der Waals surface area contributed by atoms with Crippen LogP contribution in [0, 0.1) is 5.92 Å². The van der Waals surface area contributed by atoms with E-state index in [-0.39, 0.29) is 24.3 Å².